The van der Waals surface area contributed by atoms with Crippen LogP contribution in [0.25, 0.3) is 0 Å². The lowest BCUT2D eigenvalue weighted by molar-refractivity contribution is -0.384. The number of nitro benzene ring substituents is 1. The van der Waals surface area contributed by atoms with Crippen LogP contribution in [0.5, 0.6) is 5.75 Å². The van der Waals surface area contributed by atoms with E-state index in [1.54, 1.807) is 0 Å². The second-order valence-corrected chi connectivity index (χ2v) is 4.50. The smallest absolute Gasteiger partial charge is 0.270 e. The highest BCUT2D eigenvalue weighted by atomic mass is 16.6. The van der Waals surface area contributed by atoms with Crippen molar-refractivity contribution in [1.82, 2.24) is 0 Å². The highest BCUT2D eigenvalue weighted by Crippen LogP contribution is 2.23. The molecule has 108 valence electrons. The standard InChI is InChI=1S/C15H14N2O4/c1-11-3-2-4-12(7-11)10-21-15-6-5-14(17(19)20)8-13(15)9-16-18/h2-9,18H,10H2,1H3/b16-9+. The summed E-state index contributed by atoms with van der Waals surface area (Å²) in [5.74, 6) is 0.417. The molecule has 0 aliphatic carbocycles. The number of benzene rings is 2. The Morgan fingerprint density at radius 3 is 2.81 bits per heavy atom. The molecule has 0 unspecified atom stereocenters. The maximum absolute atomic E-state index is 10.7. The molecule has 0 saturated heterocycles. The molecule has 0 aromatic heterocycles. The monoisotopic (exact) mass is 286 g/mol. The Kier molecular flexibility index (Phi) is 4.50. The van der Waals surface area contributed by atoms with Crippen LogP contribution in [0.2, 0.25) is 0 Å². The summed E-state index contributed by atoms with van der Waals surface area (Å²) in [5, 5.41) is 22.3. The first kappa shape index (κ1) is 14.5. The van der Waals surface area contributed by atoms with Gasteiger partial charge in [-0.1, -0.05) is 35.0 Å². The average Bonchev–Trinajstić information content (AvgIpc) is 2.46. The van der Waals surface area contributed by atoms with Crippen molar-refractivity contribution in [3.05, 3.63) is 69.3 Å². The molecule has 6 heteroatoms. The zero-order chi connectivity index (χ0) is 15.2. The fraction of sp³-hybridized carbons (Fsp3) is 0.133. The second kappa shape index (κ2) is 6.51. The van der Waals surface area contributed by atoms with Crippen molar-refractivity contribution in [2.75, 3.05) is 0 Å². The van der Waals surface area contributed by atoms with Gasteiger partial charge in [-0.05, 0) is 18.6 Å². The SMILES string of the molecule is Cc1cccc(COc2ccc([N+](=O)[O-])cc2/C=N/O)c1. The molecule has 0 amide bonds. The molecule has 2 rings (SSSR count). The van der Waals surface area contributed by atoms with E-state index < -0.39 is 4.92 Å². The first-order valence-electron chi connectivity index (χ1n) is 6.24. The molecule has 0 heterocycles. The van der Waals surface area contributed by atoms with E-state index >= 15 is 0 Å². The number of oxime groups is 1. The first-order chi connectivity index (χ1) is 10.1. The van der Waals surface area contributed by atoms with Crippen molar-refractivity contribution in [3.63, 3.8) is 0 Å². The van der Waals surface area contributed by atoms with Gasteiger partial charge >= 0.3 is 0 Å². The van der Waals surface area contributed by atoms with Crippen molar-refractivity contribution in [1.29, 1.82) is 0 Å². The summed E-state index contributed by atoms with van der Waals surface area (Å²) in [6, 6.07) is 12.0. The van der Waals surface area contributed by atoms with Crippen LogP contribution in [-0.4, -0.2) is 16.3 Å². The highest BCUT2D eigenvalue weighted by Gasteiger charge is 2.11. The quantitative estimate of drug-likeness (QED) is 0.395. The summed E-state index contributed by atoms with van der Waals surface area (Å²) in [5.41, 5.74) is 2.37. The van der Waals surface area contributed by atoms with E-state index in [9.17, 15) is 10.1 Å². The molecule has 2 aromatic rings. The molecule has 0 fully saturated rings. The minimum atomic E-state index is -0.515. The van der Waals surface area contributed by atoms with Crippen molar-refractivity contribution < 1.29 is 14.9 Å². The molecule has 0 bridgehead atoms. The summed E-state index contributed by atoms with van der Waals surface area (Å²) < 4.78 is 5.64. The van der Waals surface area contributed by atoms with Gasteiger partial charge in [0.1, 0.15) is 12.4 Å². The fourth-order valence-corrected chi connectivity index (χ4v) is 1.91. The Morgan fingerprint density at radius 2 is 2.14 bits per heavy atom. The van der Waals surface area contributed by atoms with E-state index in [-0.39, 0.29) is 5.69 Å². The van der Waals surface area contributed by atoms with Gasteiger partial charge in [0.25, 0.3) is 5.69 Å². The Labute approximate surface area is 121 Å². The molecule has 0 spiro atoms. The topological polar surface area (TPSA) is 85.0 Å². The molecular weight excluding hydrogens is 272 g/mol. The Hall–Kier alpha value is -2.89. The van der Waals surface area contributed by atoms with Gasteiger partial charge in [-0.25, -0.2) is 0 Å². The Bertz CT molecular complexity index is 683. The van der Waals surface area contributed by atoms with Gasteiger partial charge in [-0.3, -0.25) is 10.1 Å². The summed E-state index contributed by atoms with van der Waals surface area (Å²) in [7, 11) is 0. The van der Waals surface area contributed by atoms with Gasteiger partial charge in [-0.15, -0.1) is 0 Å². The summed E-state index contributed by atoms with van der Waals surface area (Å²) >= 11 is 0. The molecule has 2 aromatic carbocycles. The van der Waals surface area contributed by atoms with Gasteiger partial charge in [0.2, 0.25) is 0 Å². The van der Waals surface area contributed by atoms with Crippen LogP contribution < -0.4 is 4.74 Å². The van der Waals surface area contributed by atoms with Crippen molar-refractivity contribution >= 4 is 11.9 Å². The molecule has 0 atom stereocenters. The zero-order valence-corrected chi connectivity index (χ0v) is 11.4. The molecule has 6 nitrogen and oxygen atoms in total. The van der Waals surface area contributed by atoms with Gasteiger partial charge < -0.3 is 9.94 Å². The number of ether oxygens (including phenoxy) is 1. The van der Waals surface area contributed by atoms with Crippen LogP contribution in [-0.2, 0) is 6.61 Å². The number of non-ortho nitro benzene ring substituents is 1. The average molecular weight is 286 g/mol. The Balaban J connectivity index is 2.21. The van der Waals surface area contributed by atoms with Crippen LogP contribution in [0.15, 0.2) is 47.6 Å². The van der Waals surface area contributed by atoms with Crippen LogP contribution in [0, 0.1) is 17.0 Å². The van der Waals surface area contributed by atoms with Gasteiger partial charge in [-0.2, -0.15) is 0 Å². The molecule has 0 saturated carbocycles. The maximum Gasteiger partial charge on any atom is 0.270 e. The van der Waals surface area contributed by atoms with Gasteiger partial charge in [0.15, 0.2) is 0 Å². The lowest BCUT2D eigenvalue weighted by Crippen LogP contribution is -2.00. The third-order valence-corrected chi connectivity index (χ3v) is 2.88. The van der Waals surface area contributed by atoms with E-state index in [2.05, 4.69) is 5.16 Å². The zero-order valence-electron chi connectivity index (χ0n) is 11.4. The van der Waals surface area contributed by atoms with Crippen molar-refractivity contribution in [2.24, 2.45) is 5.16 Å². The normalized spacial score (nSPS) is 10.7. The summed E-state index contributed by atoms with van der Waals surface area (Å²) in [4.78, 5) is 10.2. The predicted octanol–water partition coefficient (Wildman–Crippen LogP) is 3.29. The van der Waals surface area contributed by atoms with E-state index in [1.807, 2.05) is 31.2 Å². The minimum absolute atomic E-state index is 0.0900. The first-order valence-corrected chi connectivity index (χ1v) is 6.24. The number of hydrogen-bond donors (Lipinski definition) is 1. The number of nitrogens with zero attached hydrogens (tertiary/aromatic N) is 2. The number of hydrogen-bond acceptors (Lipinski definition) is 5. The lowest BCUT2D eigenvalue weighted by Gasteiger charge is -2.09. The van der Waals surface area contributed by atoms with Crippen LogP contribution in [0.4, 0.5) is 5.69 Å². The van der Waals surface area contributed by atoms with Crippen LogP contribution in [0.1, 0.15) is 16.7 Å². The molecule has 1 N–H and O–H groups in total. The Morgan fingerprint density at radius 1 is 1.33 bits per heavy atom. The third-order valence-electron chi connectivity index (χ3n) is 2.88. The highest BCUT2D eigenvalue weighted by molar-refractivity contribution is 5.84. The predicted molar refractivity (Wildman–Crippen MR) is 78.0 cm³/mol. The fourth-order valence-electron chi connectivity index (χ4n) is 1.91. The number of aryl methyl sites for hydroxylation is 1. The van der Waals surface area contributed by atoms with Crippen LogP contribution in [0.3, 0.4) is 0 Å². The molecule has 0 aliphatic rings. The molecule has 21 heavy (non-hydrogen) atoms. The molecule has 0 aliphatic heterocycles. The number of nitro groups is 1. The summed E-state index contributed by atoms with van der Waals surface area (Å²) in [6.45, 7) is 2.31. The van der Waals surface area contributed by atoms with E-state index in [0.717, 1.165) is 17.3 Å². The molecular formula is C15H14N2O4. The largest absolute Gasteiger partial charge is 0.488 e. The van der Waals surface area contributed by atoms with Crippen LogP contribution >= 0.6 is 0 Å². The van der Waals surface area contributed by atoms with Crippen molar-refractivity contribution in [2.45, 2.75) is 13.5 Å². The van der Waals surface area contributed by atoms with E-state index in [0.29, 0.717) is 17.9 Å². The molecule has 0 radical (unpaired) electrons. The third kappa shape index (κ3) is 3.79. The van der Waals surface area contributed by atoms with Crippen molar-refractivity contribution in [3.8, 4) is 5.75 Å². The lowest BCUT2D eigenvalue weighted by atomic mass is 10.1. The number of rotatable bonds is 5. The van der Waals surface area contributed by atoms with E-state index in [1.165, 1.54) is 18.2 Å². The maximum atomic E-state index is 10.7. The van der Waals surface area contributed by atoms with E-state index in [4.69, 9.17) is 9.94 Å². The minimum Gasteiger partial charge on any atom is -0.488 e. The van der Waals surface area contributed by atoms with Gasteiger partial charge in [0.05, 0.1) is 11.1 Å². The second-order valence-electron chi connectivity index (χ2n) is 4.50. The summed E-state index contributed by atoms with van der Waals surface area (Å²) in [6.07, 6.45) is 1.11. The van der Waals surface area contributed by atoms with Gasteiger partial charge in [0, 0.05) is 17.7 Å².